The summed E-state index contributed by atoms with van der Waals surface area (Å²) in [6.45, 7) is 0. The average Bonchev–Trinajstić information content (AvgIpc) is 2.77. The molecule has 0 aliphatic heterocycles. The molecule has 0 unspecified atom stereocenters. The summed E-state index contributed by atoms with van der Waals surface area (Å²) in [6, 6.07) is 7.69. The molecule has 0 N–H and O–H groups in total. The van der Waals surface area contributed by atoms with Gasteiger partial charge in [0.05, 0.1) is 5.56 Å². The van der Waals surface area contributed by atoms with Gasteiger partial charge in [-0.1, -0.05) is 12.1 Å². The molecule has 3 rings (SSSR count). The predicted octanol–water partition coefficient (Wildman–Crippen LogP) is 2.35. The molecule has 4 nitrogen and oxygen atoms in total. The van der Waals surface area contributed by atoms with Gasteiger partial charge < -0.3 is 0 Å². The van der Waals surface area contributed by atoms with Crippen LogP contribution in [0.15, 0.2) is 42.7 Å². The van der Waals surface area contributed by atoms with E-state index in [1.807, 2.05) is 0 Å². The second-order valence-corrected chi connectivity index (χ2v) is 3.78. The van der Waals surface area contributed by atoms with E-state index in [1.54, 1.807) is 30.6 Å². The van der Waals surface area contributed by atoms with Crippen LogP contribution in [0.1, 0.15) is 10.4 Å². The molecule has 88 valence electrons. The first-order valence-corrected chi connectivity index (χ1v) is 5.34. The number of nitrogens with zero attached hydrogens (tertiary/aromatic N) is 3. The zero-order valence-electron chi connectivity index (χ0n) is 9.25. The van der Waals surface area contributed by atoms with Crippen molar-refractivity contribution < 1.29 is 9.18 Å². The number of halogens is 1. The number of aromatic nitrogens is 3. The van der Waals surface area contributed by atoms with Gasteiger partial charge in [-0.2, -0.15) is 5.10 Å². The highest BCUT2D eigenvalue weighted by atomic mass is 19.1. The fourth-order valence-corrected chi connectivity index (χ4v) is 1.86. The molecule has 2 heterocycles. The molecule has 0 atom stereocenters. The van der Waals surface area contributed by atoms with E-state index in [1.165, 1.54) is 16.6 Å². The molecule has 0 radical (unpaired) electrons. The Balaban J connectivity index is 2.32. The van der Waals surface area contributed by atoms with Crippen LogP contribution in [0, 0.1) is 5.82 Å². The van der Waals surface area contributed by atoms with Gasteiger partial charge in [0.15, 0.2) is 11.9 Å². The monoisotopic (exact) mass is 241 g/mol. The van der Waals surface area contributed by atoms with Crippen LogP contribution >= 0.6 is 0 Å². The molecular weight excluding hydrogens is 233 g/mol. The molecule has 1 aromatic carbocycles. The van der Waals surface area contributed by atoms with Gasteiger partial charge in [0, 0.05) is 18.0 Å². The fraction of sp³-hybridized carbons (Fsp3) is 0. The number of aldehydes is 1. The molecular formula is C13H8FN3O. The largest absolute Gasteiger partial charge is 0.298 e. The lowest BCUT2D eigenvalue weighted by atomic mass is 10.1. The standard InChI is InChI=1S/C13H8FN3O/c14-10-4-1-3-9(7-10)12-11(8-18)13-15-5-2-6-17(13)16-12/h1-8H. The van der Waals surface area contributed by atoms with Gasteiger partial charge in [-0.15, -0.1) is 0 Å². The zero-order valence-corrected chi connectivity index (χ0v) is 9.25. The molecule has 0 fully saturated rings. The Morgan fingerprint density at radius 3 is 2.94 bits per heavy atom. The van der Waals surface area contributed by atoms with Crippen LogP contribution in [-0.2, 0) is 0 Å². The van der Waals surface area contributed by atoms with Crippen molar-refractivity contribution in [2.75, 3.05) is 0 Å². The lowest BCUT2D eigenvalue weighted by Crippen LogP contribution is -1.88. The lowest BCUT2D eigenvalue weighted by molar-refractivity contribution is 0.112. The van der Waals surface area contributed by atoms with Crippen molar-refractivity contribution >= 4 is 11.9 Å². The van der Waals surface area contributed by atoms with Gasteiger partial charge >= 0.3 is 0 Å². The van der Waals surface area contributed by atoms with Crippen molar-refractivity contribution in [2.24, 2.45) is 0 Å². The van der Waals surface area contributed by atoms with Crippen LogP contribution in [0.4, 0.5) is 4.39 Å². The Labute approximate surface area is 102 Å². The minimum atomic E-state index is -0.366. The third kappa shape index (κ3) is 1.57. The van der Waals surface area contributed by atoms with E-state index in [0.717, 1.165) is 0 Å². The fourth-order valence-electron chi connectivity index (χ4n) is 1.86. The van der Waals surface area contributed by atoms with Crippen LogP contribution in [0.3, 0.4) is 0 Å². The number of carbonyl (C=O) groups is 1. The third-order valence-corrected chi connectivity index (χ3v) is 2.65. The highest BCUT2D eigenvalue weighted by Gasteiger charge is 2.14. The smallest absolute Gasteiger partial charge is 0.166 e. The minimum Gasteiger partial charge on any atom is -0.298 e. The second-order valence-electron chi connectivity index (χ2n) is 3.78. The quantitative estimate of drug-likeness (QED) is 0.647. The van der Waals surface area contributed by atoms with Gasteiger partial charge in [-0.05, 0) is 18.2 Å². The first-order valence-electron chi connectivity index (χ1n) is 5.34. The summed E-state index contributed by atoms with van der Waals surface area (Å²) in [5, 5.41) is 4.25. The zero-order chi connectivity index (χ0) is 12.5. The molecule has 3 aromatic rings. The van der Waals surface area contributed by atoms with E-state index in [2.05, 4.69) is 10.1 Å². The van der Waals surface area contributed by atoms with E-state index in [-0.39, 0.29) is 5.82 Å². The summed E-state index contributed by atoms with van der Waals surface area (Å²) in [6.07, 6.45) is 3.97. The lowest BCUT2D eigenvalue weighted by Gasteiger charge is -1.97. The number of carbonyl (C=O) groups excluding carboxylic acids is 1. The van der Waals surface area contributed by atoms with Gasteiger partial charge in [0.2, 0.25) is 0 Å². The summed E-state index contributed by atoms with van der Waals surface area (Å²) in [5.74, 6) is -0.366. The summed E-state index contributed by atoms with van der Waals surface area (Å²) in [5.41, 5.74) is 1.82. The Hall–Kier alpha value is -2.56. The minimum absolute atomic E-state index is 0.362. The first kappa shape index (κ1) is 10.6. The number of fused-ring (bicyclic) bond motifs is 1. The molecule has 0 bridgehead atoms. The predicted molar refractivity (Wildman–Crippen MR) is 63.8 cm³/mol. The van der Waals surface area contributed by atoms with Gasteiger partial charge in [-0.3, -0.25) is 4.79 Å². The maximum atomic E-state index is 13.2. The molecule has 0 amide bonds. The summed E-state index contributed by atoms with van der Waals surface area (Å²) < 4.78 is 14.7. The van der Waals surface area contributed by atoms with E-state index in [9.17, 15) is 9.18 Å². The summed E-state index contributed by atoms with van der Waals surface area (Å²) in [7, 11) is 0. The van der Waals surface area contributed by atoms with Crippen molar-refractivity contribution in [1.82, 2.24) is 14.6 Å². The van der Waals surface area contributed by atoms with Crippen LogP contribution in [0.5, 0.6) is 0 Å². The molecule has 0 spiro atoms. The molecule has 0 saturated heterocycles. The number of rotatable bonds is 2. The maximum Gasteiger partial charge on any atom is 0.166 e. The number of benzene rings is 1. The number of hydrogen-bond acceptors (Lipinski definition) is 3. The van der Waals surface area contributed by atoms with E-state index in [4.69, 9.17) is 0 Å². The Morgan fingerprint density at radius 1 is 1.28 bits per heavy atom. The van der Waals surface area contributed by atoms with Crippen molar-refractivity contribution in [3.8, 4) is 11.3 Å². The SMILES string of the molecule is O=Cc1c(-c2cccc(F)c2)nn2cccnc12. The van der Waals surface area contributed by atoms with Crippen LogP contribution in [0.2, 0.25) is 0 Å². The first-order chi connectivity index (χ1) is 8.79. The third-order valence-electron chi connectivity index (χ3n) is 2.65. The van der Waals surface area contributed by atoms with E-state index < -0.39 is 0 Å². The molecule has 2 aromatic heterocycles. The van der Waals surface area contributed by atoms with Crippen LogP contribution in [0.25, 0.3) is 16.9 Å². The molecule has 0 saturated carbocycles. The van der Waals surface area contributed by atoms with Crippen molar-refractivity contribution in [2.45, 2.75) is 0 Å². The summed E-state index contributed by atoms with van der Waals surface area (Å²) >= 11 is 0. The maximum absolute atomic E-state index is 13.2. The van der Waals surface area contributed by atoms with E-state index in [0.29, 0.717) is 28.8 Å². The van der Waals surface area contributed by atoms with Gasteiger partial charge in [-0.25, -0.2) is 13.9 Å². The Kier molecular flexibility index (Phi) is 2.37. The Morgan fingerprint density at radius 2 is 2.17 bits per heavy atom. The van der Waals surface area contributed by atoms with Crippen molar-refractivity contribution in [3.05, 3.63) is 54.1 Å². The average molecular weight is 241 g/mol. The van der Waals surface area contributed by atoms with Gasteiger partial charge in [0.25, 0.3) is 0 Å². The van der Waals surface area contributed by atoms with Crippen LogP contribution < -0.4 is 0 Å². The molecule has 0 aliphatic carbocycles. The Bertz CT molecular complexity index is 736. The van der Waals surface area contributed by atoms with E-state index >= 15 is 0 Å². The molecule has 18 heavy (non-hydrogen) atoms. The summed E-state index contributed by atoms with van der Waals surface area (Å²) in [4.78, 5) is 15.3. The number of hydrogen-bond donors (Lipinski definition) is 0. The second kappa shape index (κ2) is 4.03. The molecule has 0 aliphatic rings. The van der Waals surface area contributed by atoms with Crippen LogP contribution in [-0.4, -0.2) is 20.9 Å². The van der Waals surface area contributed by atoms with Gasteiger partial charge in [0.1, 0.15) is 11.5 Å². The van der Waals surface area contributed by atoms with Crippen molar-refractivity contribution in [1.29, 1.82) is 0 Å². The highest BCUT2D eigenvalue weighted by Crippen LogP contribution is 2.24. The highest BCUT2D eigenvalue weighted by molar-refractivity contribution is 5.93. The topological polar surface area (TPSA) is 47.3 Å². The van der Waals surface area contributed by atoms with Crippen molar-refractivity contribution in [3.63, 3.8) is 0 Å². The molecule has 5 heteroatoms. The normalized spacial score (nSPS) is 10.7.